The molecular formula is C18H18ClNO. The van der Waals surface area contributed by atoms with E-state index in [2.05, 4.69) is 36.4 Å². The summed E-state index contributed by atoms with van der Waals surface area (Å²) in [4.78, 5) is 14.1. The first kappa shape index (κ1) is 14.2. The van der Waals surface area contributed by atoms with E-state index >= 15 is 0 Å². The average Bonchev–Trinajstić information content (AvgIpc) is 2.95. The molecule has 0 N–H and O–H groups in total. The number of fused-ring (bicyclic) bond motifs is 1. The summed E-state index contributed by atoms with van der Waals surface area (Å²) in [7, 11) is 1.86. The van der Waals surface area contributed by atoms with Crippen molar-refractivity contribution < 1.29 is 4.79 Å². The van der Waals surface area contributed by atoms with Crippen LogP contribution in [0.1, 0.15) is 16.7 Å². The summed E-state index contributed by atoms with van der Waals surface area (Å²) in [5.41, 5.74) is 3.48. The first-order valence-corrected chi connectivity index (χ1v) is 7.66. The van der Waals surface area contributed by atoms with Crippen molar-refractivity contribution in [2.24, 2.45) is 0 Å². The van der Waals surface area contributed by atoms with Gasteiger partial charge in [0.1, 0.15) is 5.88 Å². The summed E-state index contributed by atoms with van der Waals surface area (Å²) in [6, 6.07) is 18.7. The Morgan fingerprint density at radius 2 is 1.57 bits per heavy atom. The summed E-state index contributed by atoms with van der Waals surface area (Å²) in [6.45, 7) is 0. The number of carbonyl (C=O) groups excluding carboxylic acids is 1. The highest BCUT2D eigenvalue weighted by molar-refractivity contribution is 6.27. The minimum absolute atomic E-state index is 0.0153. The normalized spacial score (nSPS) is 15.5. The van der Waals surface area contributed by atoms with Gasteiger partial charge in [0.15, 0.2) is 0 Å². The minimum Gasteiger partial charge on any atom is -0.334 e. The van der Waals surface area contributed by atoms with E-state index in [0.29, 0.717) is 0 Å². The third kappa shape index (κ3) is 2.34. The first-order valence-electron chi connectivity index (χ1n) is 7.12. The molecule has 0 saturated carbocycles. The standard InChI is InChI=1S/C18H18ClNO/c1-20(17(21)13-19)18(16-9-3-2-4-10-16)11-14-7-5-6-8-15(14)12-18/h2-10H,11-13H2,1H3. The summed E-state index contributed by atoms with van der Waals surface area (Å²) in [5, 5.41) is 0. The van der Waals surface area contributed by atoms with Gasteiger partial charge in [0.05, 0.1) is 5.54 Å². The Hall–Kier alpha value is -1.80. The highest BCUT2D eigenvalue weighted by atomic mass is 35.5. The van der Waals surface area contributed by atoms with Crippen molar-refractivity contribution in [1.82, 2.24) is 4.90 Å². The van der Waals surface area contributed by atoms with Gasteiger partial charge in [-0.15, -0.1) is 11.6 Å². The number of nitrogens with zero attached hydrogens (tertiary/aromatic N) is 1. The zero-order valence-electron chi connectivity index (χ0n) is 12.1. The highest BCUT2D eigenvalue weighted by Crippen LogP contribution is 2.41. The van der Waals surface area contributed by atoms with Crippen LogP contribution in [-0.4, -0.2) is 23.7 Å². The van der Waals surface area contributed by atoms with Crippen LogP contribution in [0.25, 0.3) is 0 Å². The molecule has 2 aromatic rings. The Morgan fingerprint density at radius 3 is 2.10 bits per heavy atom. The summed E-state index contributed by atoms with van der Waals surface area (Å²) >= 11 is 5.79. The van der Waals surface area contributed by atoms with Crippen LogP contribution in [0.2, 0.25) is 0 Å². The number of likely N-dealkylation sites (N-methyl/N-ethyl adjacent to an activating group) is 1. The van der Waals surface area contributed by atoms with Crippen LogP contribution in [0.4, 0.5) is 0 Å². The molecular weight excluding hydrogens is 282 g/mol. The molecule has 1 amide bonds. The Labute approximate surface area is 130 Å². The summed E-state index contributed by atoms with van der Waals surface area (Å²) in [6.07, 6.45) is 1.68. The van der Waals surface area contributed by atoms with Gasteiger partial charge in [-0.3, -0.25) is 4.79 Å². The maximum atomic E-state index is 12.2. The molecule has 0 radical (unpaired) electrons. The monoisotopic (exact) mass is 299 g/mol. The van der Waals surface area contributed by atoms with E-state index in [4.69, 9.17) is 11.6 Å². The molecule has 3 rings (SSSR count). The molecule has 0 saturated heterocycles. The number of hydrogen-bond donors (Lipinski definition) is 0. The Balaban J connectivity index is 2.08. The van der Waals surface area contributed by atoms with Crippen LogP contribution >= 0.6 is 11.6 Å². The minimum atomic E-state index is -0.323. The van der Waals surface area contributed by atoms with Crippen molar-refractivity contribution in [2.75, 3.05) is 12.9 Å². The molecule has 0 aliphatic heterocycles. The number of hydrogen-bond acceptors (Lipinski definition) is 1. The van der Waals surface area contributed by atoms with E-state index in [1.165, 1.54) is 16.7 Å². The van der Waals surface area contributed by atoms with Gasteiger partial charge in [-0.25, -0.2) is 0 Å². The lowest BCUT2D eigenvalue weighted by atomic mass is 9.85. The molecule has 0 unspecified atom stereocenters. The highest BCUT2D eigenvalue weighted by Gasteiger charge is 2.43. The maximum absolute atomic E-state index is 12.2. The van der Waals surface area contributed by atoms with E-state index in [-0.39, 0.29) is 17.3 Å². The van der Waals surface area contributed by atoms with E-state index in [1.54, 1.807) is 0 Å². The number of amides is 1. The lowest BCUT2D eigenvalue weighted by Crippen LogP contribution is -2.48. The van der Waals surface area contributed by atoms with Crippen molar-refractivity contribution >= 4 is 17.5 Å². The smallest absolute Gasteiger partial charge is 0.237 e. The molecule has 108 valence electrons. The molecule has 2 nitrogen and oxygen atoms in total. The number of halogens is 1. The molecule has 3 heteroatoms. The number of carbonyl (C=O) groups is 1. The Bertz CT molecular complexity index is 628. The fourth-order valence-corrected chi connectivity index (χ4v) is 3.49. The fourth-order valence-electron chi connectivity index (χ4n) is 3.31. The molecule has 1 aliphatic rings. The Kier molecular flexibility index (Phi) is 3.73. The number of benzene rings is 2. The van der Waals surface area contributed by atoms with E-state index < -0.39 is 0 Å². The number of alkyl halides is 1. The van der Waals surface area contributed by atoms with Crippen LogP contribution in [-0.2, 0) is 23.2 Å². The fraction of sp³-hybridized carbons (Fsp3) is 0.278. The molecule has 0 heterocycles. The van der Waals surface area contributed by atoms with Gasteiger partial charge in [-0.2, -0.15) is 0 Å². The average molecular weight is 300 g/mol. The van der Waals surface area contributed by atoms with Crippen molar-refractivity contribution in [1.29, 1.82) is 0 Å². The zero-order chi connectivity index (χ0) is 14.9. The quantitative estimate of drug-likeness (QED) is 0.796. The molecule has 0 aromatic heterocycles. The SMILES string of the molecule is CN(C(=O)CCl)C1(c2ccccc2)Cc2ccccc2C1. The van der Waals surface area contributed by atoms with E-state index in [0.717, 1.165) is 12.8 Å². The van der Waals surface area contributed by atoms with Gasteiger partial charge in [0.25, 0.3) is 0 Å². The lowest BCUT2D eigenvalue weighted by Gasteiger charge is -2.39. The van der Waals surface area contributed by atoms with E-state index in [9.17, 15) is 4.79 Å². The van der Waals surface area contributed by atoms with Gasteiger partial charge in [0.2, 0.25) is 5.91 Å². The third-order valence-electron chi connectivity index (χ3n) is 4.53. The zero-order valence-corrected chi connectivity index (χ0v) is 12.8. The van der Waals surface area contributed by atoms with Crippen molar-refractivity contribution in [3.05, 3.63) is 71.3 Å². The Morgan fingerprint density at radius 1 is 1.05 bits per heavy atom. The van der Waals surface area contributed by atoms with E-state index in [1.807, 2.05) is 30.1 Å². The molecule has 0 spiro atoms. The van der Waals surface area contributed by atoms with Gasteiger partial charge < -0.3 is 4.90 Å². The van der Waals surface area contributed by atoms with Gasteiger partial charge in [0, 0.05) is 19.9 Å². The van der Waals surface area contributed by atoms with Crippen LogP contribution in [0.5, 0.6) is 0 Å². The predicted molar refractivity (Wildman–Crippen MR) is 85.5 cm³/mol. The second-order valence-corrected chi connectivity index (χ2v) is 5.87. The van der Waals surface area contributed by atoms with Crippen LogP contribution < -0.4 is 0 Å². The van der Waals surface area contributed by atoms with Gasteiger partial charge in [-0.1, -0.05) is 54.6 Å². The number of rotatable bonds is 3. The van der Waals surface area contributed by atoms with Crippen molar-refractivity contribution in [2.45, 2.75) is 18.4 Å². The largest absolute Gasteiger partial charge is 0.334 e. The lowest BCUT2D eigenvalue weighted by molar-refractivity contribution is -0.133. The second-order valence-electron chi connectivity index (χ2n) is 5.61. The van der Waals surface area contributed by atoms with Gasteiger partial charge >= 0.3 is 0 Å². The summed E-state index contributed by atoms with van der Waals surface area (Å²) in [5.74, 6) is -0.0187. The topological polar surface area (TPSA) is 20.3 Å². The van der Waals surface area contributed by atoms with Gasteiger partial charge in [-0.05, 0) is 16.7 Å². The molecule has 0 bridgehead atoms. The van der Waals surface area contributed by atoms with Crippen LogP contribution in [0, 0.1) is 0 Å². The molecule has 0 fully saturated rings. The second kappa shape index (κ2) is 5.53. The summed E-state index contributed by atoms with van der Waals surface area (Å²) < 4.78 is 0. The van der Waals surface area contributed by atoms with Crippen LogP contribution in [0.15, 0.2) is 54.6 Å². The van der Waals surface area contributed by atoms with Crippen molar-refractivity contribution in [3.63, 3.8) is 0 Å². The third-order valence-corrected chi connectivity index (χ3v) is 4.75. The molecule has 21 heavy (non-hydrogen) atoms. The van der Waals surface area contributed by atoms with Crippen LogP contribution in [0.3, 0.4) is 0 Å². The maximum Gasteiger partial charge on any atom is 0.237 e. The first-order chi connectivity index (χ1) is 10.2. The van der Waals surface area contributed by atoms with Crippen molar-refractivity contribution in [3.8, 4) is 0 Å². The molecule has 2 aromatic carbocycles. The molecule has 0 atom stereocenters. The molecule has 1 aliphatic carbocycles. The predicted octanol–water partition coefficient (Wildman–Crippen LogP) is 3.38.